The molecular formula is C20H41N5O3. The number of hydrogen-bond donors (Lipinski definition) is 4. The Morgan fingerprint density at radius 1 is 1.11 bits per heavy atom. The van der Waals surface area contributed by atoms with Crippen molar-refractivity contribution in [3.8, 4) is 0 Å². The molecule has 2 saturated heterocycles. The molecule has 0 aromatic carbocycles. The first-order valence-corrected chi connectivity index (χ1v) is 11.0. The predicted molar refractivity (Wildman–Crippen MR) is 110 cm³/mol. The summed E-state index contributed by atoms with van der Waals surface area (Å²) in [4.78, 5) is 2.48. The second-order valence-corrected chi connectivity index (χ2v) is 8.37. The second kappa shape index (κ2) is 11.8. The molecule has 8 heteroatoms. The van der Waals surface area contributed by atoms with Gasteiger partial charge in [0.2, 0.25) is 0 Å². The highest BCUT2D eigenvalue weighted by Gasteiger charge is 2.33. The van der Waals surface area contributed by atoms with Crippen LogP contribution in [0.2, 0.25) is 0 Å². The molecule has 2 heterocycles. The number of rotatable bonds is 10. The minimum Gasteiger partial charge on any atom is -0.379 e. The van der Waals surface area contributed by atoms with Crippen molar-refractivity contribution >= 4 is 0 Å². The number of ether oxygens (including phenoxy) is 3. The zero-order valence-corrected chi connectivity index (χ0v) is 17.9. The lowest BCUT2D eigenvalue weighted by atomic mass is 9.90. The summed E-state index contributed by atoms with van der Waals surface area (Å²) in [5.74, 6) is 0. The lowest BCUT2D eigenvalue weighted by Gasteiger charge is -2.40. The van der Waals surface area contributed by atoms with Gasteiger partial charge >= 0.3 is 0 Å². The second-order valence-electron chi connectivity index (χ2n) is 8.37. The highest BCUT2D eigenvalue weighted by atomic mass is 16.6. The van der Waals surface area contributed by atoms with E-state index in [9.17, 15) is 0 Å². The molecule has 2 aliphatic heterocycles. The summed E-state index contributed by atoms with van der Waals surface area (Å²) in [6.07, 6.45) is 7.67. The van der Waals surface area contributed by atoms with E-state index in [4.69, 9.17) is 14.2 Å². The molecule has 28 heavy (non-hydrogen) atoms. The number of methoxy groups -OCH3 is 2. The third-order valence-corrected chi connectivity index (χ3v) is 6.42. The van der Waals surface area contributed by atoms with E-state index < -0.39 is 0 Å². The van der Waals surface area contributed by atoms with Crippen LogP contribution in [0.3, 0.4) is 0 Å². The molecule has 3 aliphatic rings. The molecule has 0 aromatic rings. The standard InChI is InChI=1S/C20H41N5O3/c1-21-19-8-9-22-20(24-19)23-15-6-7-17(27-3)18(12-15)28-14-16(26-2)13-25-10-4-5-11-25/h15-24H,4-14H2,1-3H3/t15?,16-,17?,18?,19?,20?/m0/s1. The van der Waals surface area contributed by atoms with Crippen LogP contribution in [0.4, 0.5) is 0 Å². The SMILES string of the molecule is CNC1CCNC(NC2CCC(OC)C(OC[C@H](CN3CCCC3)OC)C2)N1. The highest BCUT2D eigenvalue weighted by molar-refractivity contribution is 4.88. The van der Waals surface area contributed by atoms with Crippen molar-refractivity contribution in [1.82, 2.24) is 26.2 Å². The molecule has 0 amide bonds. The zero-order chi connectivity index (χ0) is 19.8. The van der Waals surface area contributed by atoms with Crippen LogP contribution in [0.5, 0.6) is 0 Å². The van der Waals surface area contributed by atoms with Crippen LogP contribution < -0.4 is 21.3 Å². The fourth-order valence-corrected chi connectivity index (χ4v) is 4.66. The van der Waals surface area contributed by atoms with E-state index in [0.29, 0.717) is 18.8 Å². The fourth-order valence-electron chi connectivity index (χ4n) is 4.66. The quantitative estimate of drug-likeness (QED) is 0.411. The summed E-state index contributed by atoms with van der Waals surface area (Å²) in [7, 11) is 5.60. The first kappa shape index (κ1) is 22.4. The van der Waals surface area contributed by atoms with Gasteiger partial charge in [-0.15, -0.1) is 0 Å². The lowest BCUT2D eigenvalue weighted by Crippen LogP contribution is -2.66. The topological polar surface area (TPSA) is 79.0 Å². The Bertz CT molecular complexity index is 438. The Balaban J connectivity index is 1.45. The van der Waals surface area contributed by atoms with Gasteiger partial charge in [-0.3, -0.25) is 16.0 Å². The molecule has 0 radical (unpaired) electrons. The van der Waals surface area contributed by atoms with Gasteiger partial charge in [0.05, 0.1) is 31.1 Å². The summed E-state index contributed by atoms with van der Waals surface area (Å²) in [6.45, 7) is 4.97. The van der Waals surface area contributed by atoms with Crippen LogP contribution in [0.25, 0.3) is 0 Å². The van der Waals surface area contributed by atoms with Crippen LogP contribution in [0.1, 0.15) is 38.5 Å². The summed E-state index contributed by atoms with van der Waals surface area (Å²) in [5.41, 5.74) is 0. The van der Waals surface area contributed by atoms with Crippen molar-refractivity contribution in [1.29, 1.82) is 0 Å². The molecule has 0 bridgehead atoms. The predicted octanol–water partition coefficient (Wildman–Crippen LogP) is 0.0515. The maximum atomic E-state index is 6.34. The third-order valence-electron chi connectivity index (χ3n) is 6.42. The Kier molecular flexibility index (Phi) is 9.39. The van der Waals surface area contributed by atoms with Crippen molar-refractivity contribution < 1.29 is 14.2 Å². The molecule has 0 aromatic heterocycles. The summed E-state index contributed by atoms with van der Waals surface area (Å²) in [5, 5.41) is 14.1. The first-order valence-electron chi connectivity index (χ1n) is 11.0. The lowest BCUT2D eigenvalue weighted by molar-refractivity contribution is -0.109. The minimum atomic E-state index is 0.108. The van der Waals surface area contributed by atoms with E-state index in [1.54, 1.807) is 14.2 Å². The van der Waals surface area contributed by atoms with E-state index in [-0.39, 0.29) is 24.6 Å². The van der Waals surface area contributed by atoms with Gasteiger partial charge in [0.1, 0.15) is 6.29 Å². The molecule has 3 fully saturated rings. The molecule has 8 nitrogen and oxygen atoms in total. The molecule has 1 aliphatic carbocycles. The Hall–Kier alpha value is -0.320. The van der Waals surface area contributed by atoms with Gasteiger partial charge in [-0.1, -0.05) is 0 Å². The Morgan fingerprint density at radius 2 is 1.93 bits per heavy atom. The molecule has 4 N–H and O–H groups in total. The van der Waals surface area contributed by atoms with Gasteiger partial charge in [-0.2, -0.15) is 0 Å². The van der Waals surface area contributed by atoms with Gasteiger partial charge in [-0.05, 0) is 58.7 Å². The normalized spacial score (nSPS) is 35.9. The average molecular weight is 400 g/mol. The van der Waals surface area contributed by atoms with E-state index in [1.807, 2.05) is 7.05 Å². The number of hydrogen-bond acceptors (Lipinski definition) is 8. The Labute approximate surface area is 170 Å². The van der Waals surface area contributed by atoms with Crippen LogP contribution in [0, 0.1) is 0 Å². The van der Waals surface area contributed by atoms with Crippen LogP contribution >= 0.6 is 0 Å². The molecule has 3 rings (SSSR count). The maximum absolute atomic E-state index is 6.34. The third kappa shape index (κ3) is 6.60. The maximum Gasteiger partial charge on any atom is 0.113 e. The number of nitrogens with one attached hydrogen (secondary N) is 4. The number of likely N-dealkylation sites (tertiary alicyclic amines) is 1. The highest BCUT2D eigenvalue weighted by Crippen LogP contribution is 2.25. The molecular weight excluding hydrogens is 358 g/mol. The first-order chi connectivity index (χ1) is 13.7. The van der Waals surface area contributed by atoms with Gasteiger partial charge in [-0.25, -0.2) is 0 Å². The van der Waals surface area contributed by atoms with Crippen LogP contribution in [0.15, 0.2) is 0 Å². The van der Waals surface area contributed by atoms with Gasteiger partial charge in [0.25, 0.3) is 0 Å². The monoisotopic (exact) mass is 399 g/mol. The van der Waals surface area contributed by atoms with E-state index in [0.717, 1.165) is 38.8 Å². The van der Waals surface area contributed by atoms with Gasteiger partial charge in [0.15, 0.2) is 0 Å². The van der Waals surface area contributed by atoms with Crippen molar-refractivity contribution in [2.75, 3.05) is 54.1 Å². The van der Waals surface area contributed by atoms with E-state index in [1.165, 1.54) is 25.9 Å². The Morgan fingerprint density at radius 3 is 2.64 bits per heavy atom. The smallest absolute Gasteiger partial charge is 0.113 e. The summed E-state index contributed by atoms with van der Waals surface area (Å²) >= 11 is 0. The molecule has 164 valence electrons. The summed E-state index contributed by atoms with van der Waals surface area (Å²) in [6, 6.07) is 0.414. The zero-order valence-electron chi connectivity index (χ0n) is 17.9. The average Bonchev–Trinajstić information content (AvgIpc) is 3.24. The van der Waals surface area contributed by atoms with Crippen molar-refractivity contribution in [3.63, 3.8) is 0 Å². The largest absolute Gasteiger partial charge is 0.379 e. The van der Waals surface area contributed by atoms with Crippen molar-refractivity contribution in [3.05, 3.63) is 0 Å². The van der Waals surface area contributed by atoms with Crippen LogP contribution in [-0.4, -0.2) is 95.8 Å². The molecule has 0 spiro atoms. The van der Waals surface area contributed by atoms with E-state index >= 15 is 0 Å². The molecule has 6 atom stereocenters. The van der Waals surface area contributed by atoms with Crippen molar-refractivity contribution in [2.24, 2.45) is 0 Å². The van der Waals surface area contributed by atoms with Gasteiger partial charge in [0, 0.05) is 33.4 Å². The van der Waals surface area contributed by atoms with Gasteiger partial charge < -0.3 is 24.4 Å². The van der Waals surface area contributed by atoms with E-state index in [2.05, 4.69) is 26.2 Å². The van der Waals surface area contributed by atoms with Crippen molar-refractivity contribution in [2.45, 2.75) is 75.3 Å². The van der Waals surface area contributed by atoms with Crippen LogP contribution in [-0.2, 0) is 14.2 Å². The summed E-state index contributed by atoms with van der Waals surface area (Å²) < 4.78 is 17.8. The number of nitrogens with zero attached hydrogens (tertiary/aromatic N) is 1. The molecule has 1 saturated carbocycles. The fraction of sp³-hybridized carbons (Fsp3) is 1.00. The molecule has 5 unspecified atom stereocenters. The minimum absolute atomic E-state index is 0.108.